The quantitative estimate of drug-likeness (QED) is 0.633. The summed E-state index contributed by atoms with van der Waals surface area (Å²) in [6, 6.07) is 10.4. The van der Waals surface area contributed by atoms with Crippen molar-refractivity contribution in [1.29, 1.82) is 0 Å². The van der Waals surface area contributed by atoms with E-state index in [4.69, 9.17) is 9.15 Å². The van der Waals surface area contributed by atoms with E-state index in [-0.39, 0.29) is 17.4 Å². The first-order valence-electron chi connectivity index (χ1n) is 8.81. The van der Waals surface area contributed by atoms with Crippen molar-refractivity contribution in [2.45, 2.75) is 0 Å². The van der Waals surface area contributed by atoms with Crippen LogP contribution < -0.4 is 10.4 Å². The van der Waals surface area contributed by atoms with E-state index >= 15 is 0 Å². The van der Waals surface area contributed by atoms with E-state index in [1.807, 2.05) is 11.4 Å². The molecule has 4 rings (SSSR count). The van der Waals surface area contributed by atoms with E-state index in [9.17, 15) is 14.4 Å². The molecule has 28 heavy (non-hydrogen) atoms. The molecule has 0 atom stereocenters. The van der Waals surface area contributed by atoms with Gasteiger partial charge in [-0.2, -0.15) is 0 Å². The molecule has 1 fully saturated rings. The molecule has 0 spiro atoms. The van der Waals surface area contributed by atoms with Gasteiger partial charge in [-0.05, 0) is 23.6 Å². The molecule has 7 nitrogen and oxygen atoms in total. The Labute approximate surface area is 164 Å². The summed E-state index contributed by atoms with van der Waals surface area (Å²) in [6.45, 7) is 1.58. The Balaban J connectivity index is 1.52. The molecule has 0 saturated carbocycles. The number of hydrogen-bond acceptors (Lipinski definition) is 6. The highest BCUT2D eigenvalue weighted by Gasteiger charge is 2.27. The first kappa shape index (κ1) is 18.2. The van der Waals surface area contributed by atoms with Gasteiger partial charge in [-0.15, -0.1) is 11.3 Å². The summed E-state index contributed by atoms with van der Waals surface area (Å²) < 4.78 is 10.5. The number of amides is 2. The summed E-state index contributed by atoms with van der Waals surface area (Å²) in [4.78, 5) is 41.7. The molecule has 0 unspecified atom stereocenters. The first-order chi connectivity index (χ1) is 13.6. The molecule has 1 saturated heterocycles. The third-order valence-corrected chi connectivity index (χ3v) is 5.62. The number of carbonyl (C=O) groups excluding carboxylic acids is 2. The molecule has 144 valence electrons. The highest BCUT2D eigenvalue weighted by atomic mass is 32.1. The molecule has 0 N–H and O–H groups in total. The number of hydrogen-bond donors (Lipinski definition) is 0. The van der Waals surface area contributed by atoms with Gasteiger partial charge in [0.05, 0.1) is 12.0 Å². The van der Waals surface area contributed by atoms with Gasteiger partial charge in [-0.25, -0.2) is 4.79 Å². The predicted molar refractivity (Wildman–Crippen MR) is 105 cm³/mol. The first-order valence-corrected chi connectivity index (χ1v) is 9.69. The topological polar surface area (TPSA) is 80.1 Å². The van der Waals surface area contributed by atoms with Gasteiger partial charge in [-0.3, -0.25) is 9.59 Å². The molecule has 0 aliphatic carbocycles. The second kappa shape index (κ2) is 7.47. The van der Waals surface area contributed by atoms with Gasteiger partial charge in [-0.1, -0.05) is 18.2 Å². The lowest BCUT2D eigenvalue weighted by Gasteiger charge is -2.34. The zero-order valence-electron chi connectivity index (χ0n) is 15.2. The Hall–Kier alpha value is -3.13. The molecule has 0 radical (unpaired) electrons. The van der Waals surface area contributed by atoms with Crippen LogP contribution in [0.3, 0.4) is 0 Å². The maximum atomic E-state index is 12.9. The zero-order chi connectivity index (χ0) is 19.7. The second-order valence-electron chi connectivity index (χ2n) is 6.39. The van der Waals surface area contributed by atoms with Gasteiger partial charge in [0.1, 0.15) is 5.56 Å². The number of ether oxygens (including phenoxy) is 1. The summed E-state index contributed by atoms with van der Waals surface area (Å²) >= 11 is 1.40. The second-order valence-corrected chi connectivity index (χ2v) is 7.34. The van der Waals surface area contributed by atoms with E-state index in [0.717, 1.165) is 0 Å². The predicted octanol–water partition coefficient (Wildman–Crippen LogP) is 2.46. The Morgan fingerprint density at radius 2 is 1.75 bits per heavy atom. The average molecular weight is 398 g/mol. The van der Waals surface area contributed by atoms with Gasteiger partial charge in [0.2, 0.25) is 0 Å². The van der Waals surface area contributed by atoms with Crippen LogP contribution in [0.4, 0.5) is 0 Å². The Bertz CT molecular complexity index is 1080. The number of piperazine rings is 1. The Morgan fingerprint density at radius 1 is 1.04 bits per heavy atom. The summed E-state index contributed by atoms with van der Waals surface area (Å²) in [5, 5.41) is 2.48. The van der Waals surface area contributed by atoms with Crippen molar-refractivity contribution in [3.8, 4) is 5.75 Å². The fourth-order valence-corrected chi connectivity index (χ4v) is 3.96. The lowest BCUT2D eigenvalue weighted by Crippen LogP contribution is -2.51. The van der Waals surface area contributed by atoms with Crippen LogP contribution in [-0.4, -0.2) is 54.9 Å². The molecule has 3 aromatic rings. The molecule has 3 heterocycles. The molecular formula is C20H18N2O5S. The van der Waals surface area contributed by atoms with Gasteiger partial charge in [0.25, 0.3) is 11.8 Å². The van der Waals surface area contributed by atoms with Gasteiger partial charge in [0.15, 0.2) is 11.3 Å². The van der Waals surface area contributed by atoms with E-state index in [1.54, 1.807) is 34.1 Å². The third-order valence-electron chi connectivity index (χ3n) is 4.76. The van der Waals surface area contributed by atoms with Crippen LogP contribution in [0.2, 0.25) is 0 Å². The number of rotatable bonds is 3. The SMILES string of the molecule is COc1cccc2cc(C(=O)N3CCN(C(=O)c4cccs4)CC3)c(=O)oc12. The largest absolute Gasteiger partial charge is 0.493 e. The summed E-state index contributed by atoms with van der Waals surface area (Å²) in [7, 11) is 1.49. The van der Waals surface area contributed by atoms with Crippen molar-refractivity contribution < 1.29 is 18.7 Å². The lowest BCUT2D eigenvalue weighted by atomic mass is 10.1. The fraction of sp³-hybridized carbons (Fsp3) is 0.250. The van der Waals surface area contributed by atoms with Gasteiger partial charge in [0, 0.05) is 31.6 Å². The smallest absolute Gasteiger partial charge is 0.349 e. The van der Waals surface area contributed by atoms with Crippen LogP contribution in [-0.2, 0) is 0 Å². The number of fused-ring (bicyclic) bond motifs is 1. The molecular weight excluding hydrogens is 380 g/mol. The summed E-state index contributed by atoms with van der Waals surface area (Å²) in [5.74, 6) is 0.0235. The molecule has 0 bridgehead atoms. The van der Waals surface area contributed by atoms with Crippen molar-refractivity contribution >= 4 is 34.1 Å². The number of nitrogens with zero attached hydrogens (tertiary/aromatic N) is 2. The third kappa shape index (κ3) is 3.27. The monoisotopic (exact) mass is 398 g/mol. The number of thiophene rings is 1. The number of benzene rings is 1. The molecule has 1 aliphatic heterocycles. The normalized spacial score (nSPS) is 14.3. The minimum atomic E-state index is -0.695. The lowest BCUT2D eigenvalue weighted by molar-refractivity contribution is 0.0535. The van der Waals surface area contributed by atoms with Crippen LogP contribution in [0.25, 0.3) is 11.0 Å². The van der Waals surface area contributed by atoms with E-state index in [0.29, 0.717) is 47.8 Å². The molecule has 2 aromatic heterocycles. The summed E-state index contributed by atoms with van der Waals surface area (Å²) in [6.07, 6.45) is 0. The van der Waals surface area contributed by atoms with Crippen molar-refractivity contribution in [3.63, 3.8) is 0 Å². The average Bonchev–Trinajstić information content (AvgIpc) is 3.27. The van der Waals surface area contributed by atoms with E-state index in [1.165, 1.54) is 24.5 Å². The van der Waals surface area contributed by atoms with Crippen LogP contribution in [0.1, 0.15) is 20.0 Å². The standard InChI is InChI=1S/C20H18N2O5S/c1-26-15-5-2-4-13-12-14(20(25)27-17(13)15)18(23)21-7-9-22(10-8-21)19(24)16-6-3-11-28-16/h2-6,11-12H,7-10H2,1H3. The summed E-state index contributed by atoms with van der Waals surface area (Å²) in [5.41, 5.74) is -0.393. The van der Waals surface area contributed by atoms with E-state index in [2.05, 4.69) is 0 Å². The molecule has 2 amide bonds. The van der Waals surface area contributed by atoms with Crippen LogP contribution in [0.15, 0.2) is 51.0 Å². The number of para-hydroxylation sites is 1. The Kier molecular flexibility index (Phi) is 4.87. The highest BCUT2D eigenvalue weighted by Crippen LogP contribution is 2.25. The maximum absolute atomic E-state index is 12.9. The molecule has 1 aromatic carbocycles. The molecule has 8 heteroatoms. The molecule has 1 aliphatic rings. The van der Waals surface area contributed by atoms with Crippen LogP contribution in [0.5, 0.6) is 5.75 Å². The van der Waals surface area contributed by atoms with Crippen LogP contribution in [0, 0.1) is 0 Å². The van der Waals surface area contributed by atoms with Crippen molar-refractivity contribution in [1.82, 2.24) is 9.80 Å². The number of methoxy groups -OCH3 is 1. The minimum Gasteiger partial charge on any atom is -0.493 e. The zero-order valence-corrected chi connectivity index (χ0v) is 16.0. The van der Waals surface area contributed by atoms with Crippen molar-refractivity contribution in [2.75, 3.05) is 33.3 Å². The highest BCUT2D eigenvalue weighted by molar-refractivity contribution is 7.12. The minimum absolute atomic E-state index is 0.0150. The Morgan fingerprint density at radius 3 is 2.39 bits per heavy atom. The van der Waals surface area contributed by atoms with Crippen LogP contribution >= 0.6 is 11.3 Å². The van der Waals surface area contributed by atoms with Gasteiger partial charge >= 0.3 is 5.63 Å². The maximum Gasteiger partial charge on any atom is 0.349 e. The van der Waals surface area contributed by atoms with E-state index < -0.39 is 5.63 Å². The van der Waals surface area contributed by atoms with Gasteiger partial charge < -0.3 is 19.0 Å². The van der Waals surface area contributed by atoms with Crippen molar-refractivity contribution in [2.24, 2.45) is 0 Å². The van der Waals surface area contributed by atoms with Crippen molar-refractivity contribution in [3.05, 3.63) is 62.6 Å². The number of carbonyl (C=O) groups is 2. The fourth-order valence-electron chi connectivity index (χ4n) is 3.27.